The highest BCUT2D eigenvalue weighted by atomic mass is 14.8. The average Bonchev–Trinajstić information content (AvgIpc) is 2.25. The third kappa shape index (κ3) is 3.57. The molecule has 0 aromatic heterocycles. The summed E-state index contributed by atoms with van der Waals surface area (Å²) in [6, 6.07) is 6.97. The van der Waals surface area contributed by atoms with Gasteiger partial charge in [-0.1, -0.05) is 45.9 Å². The Morgan fingerprint density at radius 1 is 1.24 bits per heavy atom. The van der Waals surface area contributed by atoms with E-state index in [0.29, 0.717) is 5.92 Å². The zero-order valence-electron chi connectivity index (χ0n) is 12.2. The molecule has 1 aromatic carbocycles. The summed E-state index contributed by atoms with van der Waals surface area (Å²) in [5.74, 6) is 0.633. The van der Waals surface area contributed by atoms with E-state index in [2.05, 4.69) is 58.1 Å². The highest BCUT2D eigenvalue weighted by molar-refractivity contribution is 5.36. The molecule has 0 amide bonds. The summed E-state index contributed by atoms with van der Waals surface area (Å²) < 4.78 is 0. The Balaban J connectivity index is 3.04. The fraction of sp³-hybridized carbons (Fsp3) is 0.625. The predicted molar refractivity (Wildman–Crippen MR) is 76.8 cm³/mol. The lowest BCUT2D eigenvalue weighted by molar-refractivity contribution is 0.584. The highest BCUT2D eigenvalue weighted by Crippen LogP contribution is 2.28. The predicted octanol–water partition coefficient (Wildman–Crippen LogP) is 4.01. The molecule has 1 heteroatoms. The van der Waals surface area contributed by atoms with Crippen LogP contribution in [0.3, 0.4) is 0 Å². The molecule has 96 valence electrons. The summed E-state index contributed by atoms with van der Waals surface area (Å²) in [5.41, 5.74) is 4.60. The second-order valence-corrected chi connectivity index (χ2v) is 5.98. The third-order valence-corrected chi connectivity index (χ3v) is 3.52. The largest absolute Gasteiger partial charge is 0.319 e. The molecule has 1 nitrogen and oxygen atoms in total. The first-order valence-corrected chi connectivity index (χ1v) is 6.65. The van der Waals surface area contributed by atoms with Crippen LogP contribution in [0, 0.1) is 6.92 Å². The summed E-state index contributed by atoms with van der Waals surface area (Å²) in [5, 5.41) is 3.29. The van der Waals surface area contributed by atoms with E-state index in [4.69, 9.17) is 0 Å². The lowest BCUT2D eigenvalue weighted by atomic mass is 9.83. The molecular formula is C16H27N. The van der Waals surface area contributed by atoms with E-state index in [1.54, 1.807) is 0 Å². The van der Waals surface area contributed by atoms with Gasteiger partial charge in [-0.3, -0.25) is 0 Å². The fourth-order valence-corrected chi connectivity index (χ4v) is 2.32. The van der Waals surface area contributed by atoms with Crippen molar-refractivity contribution < 1.29 is 0 Å². The molecule has 0 bridgehead atoms. The quantitative estimate of drug-likeness (QED) is 0.828. The molecular weight excluding hydrogens is 206 g/mol. The molecule has 0 aliphatic heterocycles. The zero-order chi connectivity index (χ0) is 13.1. The van der Waals surface area contributed by atoms with Gasteiger partial charge in [0.1, 0.15) is 0 Å². The van der Waals surface area contributed by atoms with Gasteiger partial charge in [0.05, 0.1) is 0 Å². The van der Waals surface area contributed by atoms with Gasteiger partial charge >= 0.3 is 0 Å². The maximum atomic E-state index is 3.29. The lowest BCUT2D eigenvalue weighted by Crippen LogP contribution is -2.18. The molecule has 0 spiro atoms. The van der Waals surface area contributed by atoms with Gasteiger partial charge in [-0.2, -0.15) is 0 Å². The Morgan fingerprint density at radius 2 is 1.88 bits per heavy atom. The molecule has 1 N–H and O–H groups in total. The van der Waals surface area contributed by atoms with Gasteiger partial charge in [0.2, 0.25) is 0 Å². The van der Waals surface area contributed by atoms with Crippen LogP contribution in [-0.2, 0) is 5.41 Å². The van der Waals surface area contributed by atoms with E-state index in [9.17, 15) is 0 Å². The zero-order valence-corrected chi connectivity index (χ0v) is 12.2. The number of rotatable bonds is 4. The molecule has 0 radical (unpaired) electrons. The summed E-state index contributed by atoms with van der Waals surface area (Å²) >= 11 is 0. The van der Waals surface area contributed by atoms with Crippen LogP contribution < -0.4 is 5.32 Å². The van der Waals surface area contributed by atoms with Crippen molar-refractivity contribution in [1.29, 1.82) is 0 Å². The molecule has 0 heterocycles. The number of aryl methyl sites for hydroxylation is 1. The van der Waals surface area contributed by atoms with Crippen molar-refractivity contribution >= 4 is 0 Å². The normalized spacial score (nSPS) is 13.8. The molecule has 0 saturated carbocycles. The van der Waals surface area contributed by atoms with Crippen LogP contribution in [0.2, 0.25) is 0 Å². The van der Waals surface area contributed by atoms with Gasteiger partial charge in [-0.15, -0.1) is 0 Å². The Hall–Kier alpha value is -0.820. The first-order valence-electron chi connectivity index (χ1n) is 6.65. The van der Waals surface area contributed by atoms with Crippen molar-refractivity contribution in [3.8, 4) is 0 Å². The number of hydrogen-bond acceptors (Lipinski definition) is 1. The van der Waals surface area contributed by atoms with Gasteiger partial charge in [-0.05, 0) is 48.4 Å². The van der Waals surface area contributed by atoms with Crippen LogP contribution in [0.4, 0.5) is 0 Å². The maximum Gasteiger partial charge on any atom is 0.00171 e. The summed E-state index contributed by atoms with van der Waals surface area (Å²) in [7, 11) is 2.03. The molecule has 0 saturated heterocycles. The minimum atomic E-state index is 0.244. The van der Waals surface area contributed by atoms with Gasteiger partial charge in [0.15, 0.2) is 0 Å². The molecule has 0 aliphatic rings. The van der Waals surface area contributed by atoms with Crippen molar-refractivity contribution in [1.82, 2.24) is 5.32 Å². The molecule has 1 aromatic rings. The van der Waals surface area contributed by atoms with Gasteiger partial charge in [0.25, 0.3) is 0 Å². The Morgan fingerprint density at radius 3 is 2.29 bits per heavy atom. The summed E-state index contributed by atoms with van der Waals surface area (Å²) in [6.07, 6.45) is 1.19. The minimum absolute atomic E-state index is 0.244. The van der Waals surface area contributed by atoms with E-state index >= 15 is 0 Å². The Kier molecular flexibility index (Phi) is 4.76. The molecule has 0 fully saturated rings. The van der Waals surface area contributed by atoms with Crippen LogP contribution in [0.25, 0.3) is 0 Å². The molecule has 17 heavy (non-hydrogen) atoms. The number of benzene rings is 1. The van der Waals surface area contributed by atoms with Crippen molar-refractivity contribution in [2.75, 3.05) is 13.6 Å². The van der Waals surface area contributed by atoms with Crippen LogP contribution in [0.15, 0.2) is 18.2 Å². The number of likely N-dealkylation sites (N-methyl/N-ethyl adjacent to an activating group) is 1. The first-order chi connectivity index (χ1) is 7.90. The minimum Gasteiger partial charge on any atom is -0.319 e. The Labute approximate surface area is 107 Å². The standard InChI is InChI=1S/C16H27N/c1-7-13(11-17-6)15-9-8-14(10-12(15)2)16(3,4)5/h8-10,13,17H,7,11H2,1-6H3. The maximum absolute atomic E-state index is 3.29. The van der Waals surface area contributed by atoms with Gasteiger partial charge in [0, 0.05) is 6.54 Å². The van der Waals surface area contributed by atoms with Crippen LogP contribution in [0.1, 0.15) is 56.7 Å². The molecule has 0 aliphatic carbocycles. The highest BCUT2D eigenvalue weighted by Gasteiger charge is 2.16. The number of hydrogen-bond donors (Lipinski definition) is 1. The second kappa shape index (κ2) is 5.68. The van der Waals surface area contributed by atoms with Crippen LogP contribution in [-0.4, -0.2) is 13.6 Å². The van der Waals surface area contributed by atoms with E-state index in [1.165, 1.54) is 23.1 Å². The van der Waals surface area contributed by atoms with Crippen molar-refractivity contribution in [2.45, 2.75) is 52.4 Å². The second-order valence-electron chi connectivity index (χ2n) is 5.98. The average molecular weight is 233 g/mol. The Bertz CT molecular complexity index is 360. The third-order valence-electron chi connectivity index (χ3n) is 3.52. The first kappa shape index (κ1) is 14.2. The van der Waals surface area contributed by atoms with Crippen LogP contribution >= 0.6 is 0 Å². The smallest absolute Gasteiger partial charge is 0.00171 e. The summed E-state index contributed by atoms with van der Waals surface area (Å²) in [4.78, 5) is 0. The van der Waals surface area contributed by atoms with Crippen molar-refractivity contribution in [2.24, 2.45) is 0 Å². The monoisotopic (exact) mass is 233 g/mol. The summed E-state index contributed by atoms with van der Waals surface area (Å²) in [6.45, 7) is 12.4. The van der Waals surface area contributed by atoms with Gasteiger partial charge < -0.3 is 5.32 Å². The van der Waals surface area contributed by atoms with E-state index < -0.39 is 0 Å². The van der Waals surface area contributed by atoms with E-state index in [0.717, 1.165) is 6.54 Å². The topological polar surface area (TPSA) is 12.0 Å². The van der Waals surface area contributed by atoms with Gasteiger partial charge in [-0.25, -0.2) is 0 Å². The SMILES string of the molecule is CCC(CNC)c1ccc(C(C)(C)C)cc1C. The molecule has 1 rings (SSSR count). The lowest BCUT2D eigenvalue weighted by Gasteiger charge is -2.23. The van der Waals surface area contributed by atoms with E-state index in [-0.39, 0.29) is 5.41 Å². The van der Waals surface area contributed by atoms with Crippen molar-refractivity contribution in [3.05, 3.63) is 34.9 Å². The number of nitrogens with one attached hydrogen (secondary N) is 1. The molecule has 1 atom stereocenters. The fourth-order valence-electron chi connectivity index (χ4n) is 2.32. The van der Waals surface area contributed by atoms with E-state index in [1.807, 2.05) is 7.05 Å². The molecule has 1 unspecified atom stereocenters. The van der Waals surface area contributed by atoms with Crippen molar-refractivity contribution in [3.63, 3.8) is 0 Å². The van der Waals surface area contributed by atoms with Crippen LogP contribution in [0.5, 0.6) is 0 Å².